The molecule has 1 heterocycles. The van der Waals surface area contributed by atoms with E-state index in [0.717, 1.165) is 22.1 Å². The highest BCUT2D eigenvalue weighted by atomic mass is 16.6. The lowest BCUT2D eigenvalue weighted by molar-refractivity contribution is -0.136. The van der Waals surface area contributed by atoms with Gasteiger partial charge in [-0.2, -0.15) is 0 Å². The zero-order valence-electron chi connectivity index (χ0n) is 14.3. The first-order valence-electron chi connectivity index (χ1n) is 7.87. The molecule has 0 spiro atoms. The lowest BCUT2D eigenvalue weighted by atomic mass is 10.1. The zero-order valence-corrected chi connectivity index (χ0v) is 14.3. The Hall–Kier alpha value is -3.08. The molecule has 3 aromatic rings. The molecule has 0 aliphatic carbocycles. The molecule has 0 atom stereocenters. The van der Waals surface area contributed by atoms with Gasteiger partial charge in [0.1, 0.15) is 17.1 Å². The number of hydrogen-bond donors (Lipinski definition) is 0. The fraction of sp³-hybridized carbons (Fsp3) is 0.200. The maximum Gasteiger partial charge on any atom is 0.349 e. The minimum atomic E-state index is -0.534. The summed E-state index contributed by atoms with van der Waals surface area (Å²) in [5, 5.41) is 0.797. The minimum Gasteiger partial charge on any atom is -0.482 e. The van der Waals surface area contributed by atoms with Crippen LogP contribution in [0.1, 0.15) is 16.7 Å². The third-order valence-electron chi connectivity index (χ3n) is 3.71. The molecule has 128 valence electrons. The zero-order chi connectivity index (χ0) is 18.0. The number of benzene rings is 2. The lowest BCUT2D eigenvalue weighted by Gasteiger charge is -2.09. The quantitative estimate of drug-likeness (QED) is 0.412. The highest BCUT2D eigenvalue weighted by Gasteiger charge is 2.09. The number of aryl methyl sites for hydroxylation is 3. The van der Waals surface area contributed by atoms with Crippen molar-refractivity contribution in [3.63, 3.8) is 0 Å². The average Bonchev–Trinajstić information content (AvgIpc) is 2.51. The van der Waals surface area contributed by atoms with Crippen molar-refractivity contribution in [3.8, 4) is 11.5 Å². The Morgan fingerprint density at radius 1 is 0.960 bits per heavy atom. The van der Waals surface area contributed by atoms with Gasteiger partial charge >= 0.3 is 11.6 Å². The van der Waals surface area contributed by atoms with Crippen LogP contribution >= 0.6 is 0 Å². The van der Waals surface area contributed by atoms with Crippen LogP contribution in [0.4, 0.5) is 0 Å². The van der Waals surface area contributed by atoms with Crippen molar-refractivity contribution in [1.82, 2.24) is 0 Å². The molecule has 0 fully saturated rings. The largest absolute Gasteiger partial charge is 0.482 e. The molecule has 0 unspecified atom stereocenters. The summed E-state index contributed by atoms with van der Waals surface area (Å²) in [6, 6.07) is 12.1. The standard InChI is InChI=1S/C20H18O5/c1-12-6-13(2)8-16(7-12)23-11-20(22)24-15-4-5-17-14(3)9-19(21)25-18(17)10-15/h4-10H,11H2,1-3H3. The van der Waals surface area contributed by atoms with Crippen LogP contribution in [0, 0.1) is 20.8 Å². The van der Waals surface area contributed by atoms with Crippen LogP contribution in [0.2, 0.25) is 0 Å². The maximum atomic E-state index is 12.0. The van der Waals surface area contributed by atoms with Crippen LogP contribution in [0.5, 0.6) is 11.5 Å². The monoisotopic (exact) mass is 338 g/mol. The number of esters is 1. The van der Waals surface area contributed by atoms with Crippen molar-refractivity contribution in [3.05, 3.63) is 69.6 Å². The first-order valence-corrected chi connectivity index (χ1v) is 7.87. The second kappa shape index (κ2) is 6.81. The molecular formula is C20H18O5. The predicted octanol–water partition coefficient (Wildman–Crippen LogP) is 3.70. The van der Waals surface area contributed by atoms with E-state index in [2.05, 4.69) is 0 Å². The molecule has 3 rings (SSSR count). The van der Waals surface area contributed by atoms with Crippen molar-refractivity contribution in [1.29, 1.82) is 0 Å². The van der Waals surface area contributed by atoms with E-state index in [0.29, 0.717) is 17.1 Å². The van der Waals surface area contributed by atoms with Gasteiger partial charge in [0.2, 0.25) is 0 Å². The van der Waals surface area contributed by atoms with Crippen molar-refractivity contribution in [2.24, 2.45) is 0 Å². The Labute approximate surface area is 144 Å². The van der Waals surface area contributed by atoms with E-state index in [1.807, 2.05) is 39.0 Å². The fourth-order valence-corrected chi connectivity index (χ4v) is 2.69. The summed E-state index contributed by atoms with van der Waals surface area (Å²) in [5.41, 5.74) is 2.87. The van der Waals surface area contributed by atoms with Gasteiger partial charge in [-0.3, -0.25) is 0 Å². The molecule has 5 heteroatoms. The van der Waals surface area contributed by atoms with Gasteiger partial charge in [0.15, 0.2) is 6.61 Å². The van der Waals surface area contributed by atoms with Crippen LogP contribution in [0.25, 0.3) is 11.0 Å². The highest BCUT2D eigenvalue weighted by molar-refractivity contribution is 5.82. The van der Waals surface area contributed by atoms with Crippen LogP contribution in [0.15, 0.2) is 51.7 Å². The van der Waals surface area contributed by atoms with Gasteiger partial charge < -0.3 is 13.9 Å². The van der Waals surface area contributed by atoms with Crippen LogP contribution in [0.3, 0.4) is 0 Å². The number of carbonyl (C=O) groups excluding carboxylic acids is 1. The number of ether oxygens (including phenoxy) is 2. The molecule has 0 saturated carbocycles. The van der Waals surface area contributed by atoms with Crippen molar-refractivity contribution in [2.75, 3.05) is 6.61 Å². The van der Waals surface area contributed by atoms with E-state index in [9.17, 15) is 9.59 Å². The molecular weight excluding hydrogens is 320 g/mol. The second-order valence-electron chi connectivity index (χ2n) is 5.99. The smallest absolute Gasteiger partial charge is 0.349 e. The summed E-state index contributed by atoms with van der Waals surface area (Å²) >= 11 is 0. The number of rotatable bonds is 4. The Balaban J connectivity index is 1.70. The summed E-state index contributed by atoms with van der Waals surface area (Å²) in [6.07, 6.45) is 0. The molecule has 0 saturated heterocycles. The Kier molecular flexibility index (Phi) is 4.57. The SMILES string of the molecule is Cc1cc(C)cc(OCC(=O)Oc2ccc3c(C)cc(=O)oc3c2)c1. The summed E-state index contributed by atoms with van der Waals surface area (Å²) in [5.74, 6) is 0.387. The average molecular weight is 338 g/mol. The van der Waals surface area contributed by atoms with Crippen molar-refractivity contribution in [2.45, 2.75) is 20.8 Å². The van der Waals surface area contributed by atoms with E-state index in [1.165, 1.54) is 12.1 Å². The minimum absolute atomic E-state index is 0.210. The van der Waals surface area contributed by atoms with E-state index < -0.39 is 11.6 Å². The van der Waals surface area contributed by atoms with Crippen molar-refractivity contribution < 1.29 is 18.7 Å². The van der Waals surface area contributed by atoms with Gasteiger partial charge in [-0.25, -0.2) is 9.59 Å². The summed E-state index contributed by atoms with van der Waals surface area (Å²) in [7, 11) is 0. The Morgan fingerprint density at radius 2 is 1.68 bits per heavy atom. The first-order chi connectivity index (χ1) is 11.9. The van der Waals surface area contributed by atoms with E-state index in [4.69, 9.17) is 13.9 Å². The van der Waals surface area contributed by atoms with Gasteiger partial charge in [-0.05, 0) is 61.7 Å². The summed E-state index contributed by atoms with van der Waals surface area (Å²) in [6.45, 7) is 5.54. The molecule has 5 nitrogen and oxygen atoms in total. The topological polar surface area (TPSA) is 65.7 Å². The molecule has 0 radical (unpaired) electrons. The van der Waals surface area contributed by atoms with E-state index in [-0.39, 0.29) is 6.61 Å². The van der Waals surface area contributed by atoms with Crippen LogP contribution in [-0.2, 0) is 4.79 Å². The second-order valence-corrected chi connectivity index (χ2v) is 5.99. The third-order valence-corrected chi connectivity index (χ3v) is 3.71. The maximum absolute atomic E-state index is 12.0. The van der Waals surface area contributed by atoms with E-state index >= 15 is 0 Å². The highest BCUT2D eigenvalue weighted by Crippen LogP contribution is 2.22. The fourth-order valence-electron chi connectivity index (χ4n) is 2.69. The molecule has 0 aliphatic rings. The Bertz CT molecular complexity index is 980. The Morgan fingerprint density at radius 3 is 2.40 bits per heavy atom. The molecule has 0 bridgehead atoms. The van der Waals surface area contributed by atoms with Crippen LogP contribution in [-0.4, -0.2) is 12.6 Å². The molecule has 2 aromatic carbocycles. The van der Waals surface area contributed by atoms with Gasteiger partial charge in [0.25, 0.3) is 0 Å². The summed E-state index contributed by atoms with van der Waals surface area (Å²) in [4.78, 5) is 23.4. The van der Waals surface area contributed by atoms with Gasteiger partial charge in [0, 0.05) is 17.5 Å². The van der Waals surface area contributed by atoms with Gasteiger partial charge in [-0.1, -0.05) is 6.07 Å². The number of fused-ring (bicyclic) bond motifs is 1. The third kappa shape index (κ3) is 4.07. The summed E-state index contributed by atoms with van der Waals surface area (Å²) < 4.78 is 15.9. The molecule has 1 aromatic heterocycles. The predicted molar refractivity (Wildman–Crippen MR) is 94.3 cm³/mol. The molecule has 0 N–H and O–H groups in total. The first kappa shape index (κ1) is 16.8. The normalized spacial score (nSPS) is 10.7. The lowest BCUT2D eigenvalue weighted by Crippen LogP contribution is -2.17. The van der Waals surface area contributed by atoms with Gasteiger partial charge in [-0.15, -0.1) is 0 Å². The molecule has 0 aliphatic heterocycles. The van der Waals surface area contributed by atoms with Crippen LogP contribution < -0.4 is 15.1 Å². The molecule has 25 heavy (non-hydrogen) atoms. The number of hydrogen-bond acceptors (Lipinski definition) is 5. The van der Waals surface area contributed by atoms with Crippen molar-refractivity contribution >= 4 is 16.9 Å². The van der Waals surface area contributed by atoms with E-state index in [1.54, 1.807) is 12.1 Å². The number of carbonyl (C=O) groups is 1. The van der Waals surface area contributed by atoms with Gasteiger partial charge in [0.05, 0.1) is 0 Å². The molecule has 0 amide bonds.